The van der Waals surface area contributed by atoms with Crippen molar-refractivity contribution in [2.75, 3.05) is 6.54 Å². The Hall–Kier alpha value is -1.30. The third-order valence-electron chi connectivity index (χ3n) is 4.42. The zero-order valence-corrected chi connectivity index (χ0v) is 13.5. The van der Waals surface area contributed by atoms with Crippen molar-refractivity contribution in [3.8, 4) is 0 Å². The van der Waals surface area contributed by atoms with Crippen molar-refractivity contribution in [2.45, 2.75) is 44.7 Å². The Morgan fingerprint density at radius 2 is 2.05 bits per heavy atom. The van der Waals surface area contributed by atoms with Gasteiger partial charge >= 0.3 is 5.97 Å². The van der Waals surface area contributed by atoms with Crippen LogP contribution in [-0.4, -0.2) is 39.0 Å². The summed E-state index contributed by atoms with van der Waals surface area (Å²) in [5, 5.41) is 9.46. The van der Waals surface area contributed by atoms with Crippen LogP contribution < -0.4 is 0 Å². The van der Waals surface area contributed by atoms with Crippen LogP contribution in [0.25, 0.3) is 0 Å². The molecule has 0 aromatic carbocycles. The number of nitrogens with zero attached hydrogens (tertiary/aromatic N) is 2. The van der Waals surface area contributed by atoms with Gasteiger partial charge in [-0.3, -0.25) is 4.79 Å². The third kappa shape index (κ3) is 2.73. The molecule has 2 atom stereocenters. The average molecular weight is 355 g/mol. The molecule has 1 amide bonds. The third-order valence-corrected chi connectivity index (χ3v) is 4.86. The molecule has 2 unspecified atom stereocenters. The van der Waals surface area contributed by atoms with Crippen LogP contribution in [0.4, 0.5) is 0 Å². The van der Waals surface area contributed by atoms with Gasteiger partial charge in [0.1, 0.15) is 11.7 Å². The summed E-state index contributed by atoms with van der Waals surface area (Å²) >= 11 is 3.42. The Bertz CT molecular complexity index is 579. The minimum absolute atomic E-state index is 0.00650. The van der Waals surface area contributed by atoms with E-state index in [0.717, 1.165) is 30.2 Å². The fraction of sp³-hybridized carbons (Fsp3) is 0.600. The van der Waals surface area contributed by atoms with E-state index in [9.17, 15) is 14.7 Å². The van der Waals surface area contributed by atoms with Gasteiger partial charge < -0.3 is 14.6 Å². The van der Waals surface area contributed by atoms with Crippen LogP contribution in [-0.2, 0) is 4.79 Å². The first kappa shape index (κ1) is 14.6. The summed E-state index contributed by atoms with van der Waals surface area (Å²) in [7, 11) is 0. The highest BCUT2D eigenvalue weighted by atomic mass is 79.9. The molecule has 0 spiro atoms. The second kappa shape index (κ2) is 5.48. The lowest BCUT2D eigenvalue weighted by Gasteiger charge is -2.37. The number of carbonyl (C=O) groups is 2. The SMILES string of the molecule is CC1CCCN(C(=O)c2cc(Br)cn2C2CC2)C1C(=O)O. The number of piperidine rings is 1. The van der Waals surface area contributed by atoms with Gasteiger partial charge in [0, 0.05) is 23.3 Å². The maximum Gasteiger partial charge on any atom is 0.326 e. The molecule has 0 radical (unpaired) electrons. The molecule has 5 nitrogen and oxygen atoms in total. The van der Waals surface area contributed by atoms with E-state index >= 15 is 0 Å². The van der Waals surface area contributed by atoms with Gasteiger partial charge in [-0.25, -0.2) is 4.79 Å². The molecule has 1 aromatic heterocycles. The summed E-state index contributed by atoms with van der Waals surface area (Å²) in [6.45, 7) is 2.43. The highest BCUT2D eigenvalue weighted by molar-refractivity contribution is 9.10. The number of aliphatic carboxylic acids is 1. The van der Waals surface area contributed by atoms with E-state index < -0.39 is 12.0 Å². The number of carboxylic acids is 1. The second-order valence-corrected chi connectivity index (χ2v) is 7.00. The molecule has 1 saturated heterocycles. The molecule has 21 heavy (non-hydrogen) atoms. The number of aromatic nitrogens is 1. The Morgan fingerprint density at radius 3 is 2.67 bits per heavy atom. The number of halogens is 1. The first-order chi connectivity index (χ1) is 9.99. The van der Waals surface area contributed by atoms with Crippen molar-refractivity contribution >= 4 is 27.8 Å². The Labute approximate surface area is 132 Å². The van der Waals surface area contributed by atoms with Crippen molar-refractivity contribution in [1.82, 2.24) is 9.47 Å². The zero-order valence-electron chi connectivity index (χ0n) is 12.0. The van der Waals surface area contributed by atoms with E-state index in [2.05, 4.69) is 15.9 Å². The number of rotatable bonds is 3. The number of hydrogen-bond acceptors (Lipinski definition) is 2. The molecule has 1 N–H and O–H groups in total. The molecular weight excluding hydrogens is 336 g/mol. The second-order valence-electron chi connectivity index (χ2n) is 6.08. The first-order valence-corrected chi connectivity index (χ1v) is 8.19. The van der Waals surface area contributed by atoms with Crippen LogP contribution in [0.1, 0.15) is 49.1 Å². The lowest BCUT2D eigenvalue weighted by molar-refractivity contribution is -0.145. The van der Waals surface area contributed by atoms with E-state index in [1.807, 2.05) is 17.7 Å². The summed E-state index contributed by atoms with van der Waals surface area (Å²) in [5.74, 6) is -1.07. The first-order valence-electron chi connectivity index (χ1n) is 7.40. The lowest BCUT2D eigenvalue weighted by Crippen LogP contribution is -2.52. The normalized spacial score (nSPS) is 25.9. The number of amides is 1. The fourth-order valence-corrected chi connectivity index (χ4v) is 3.65. The lowest BCUT2D eigenvalue weighted by atomic mass is 9.90. The molecule has 2 heterocycles. The van der Waals surface area contributed by atoms with E-state index in [1.165, 1.54) is 4.90 Å². The van der Waals surface area contributed by atoms with E-state index in [1.54, 1.807) is 6.07 Å². The van der Waals surface area contributed by atoms with Crippen LogP contribution in [0.5, 0.6) is 0 Å². The molecule has 1 saturated carbocycles. The summed E-state index contributed by atoms with van der Waals surface area (Å²) < 4.78 is 2.86. The van der Waals surface area contributed by atoms with Gasteiger partial charge in [0.25, 0.3) is 5.91 Å². The van der Waals surface area contributed by atoms with Gasteiger partial charge in [-0.15, -0.1) is 0 Å². The van der Waals surface area contributed by atoms with Gasteiger partial charge in [-0.2, -0.15) is 0 Å². The minimum Gasteiger partial charge on any atom is -0.480 e. The van der Waals surface area contributed by atoms with Crippen molar-refractivity contribution in [3.63, 3.8) is 0 Å². The maximum absolute atomic E-state index is 12.8. The standard InChI is InChI=1S/C15H19BrN2O3/c1-9-3-2-6-17(13(9)15(20)21)14(19)12-7-10(16)8-18(12)11-4-5-11/h7-9,11,13H,2-6H2,1H3,(H,20,21). The summed E-state index contributed by atoms with van der Waals surface area (Å²) in [5.41, 5.74) is 0.602. The Balaban J connectivity index is 1.91. The molecular formula is C15H19BrN2O3. The molecule has 6 heteroatoms. The summed E-state index contributed by atoms with van der Waals surface area (Å²) in [6.07, 6.45) is 5.81. The van der Waals surface area contributed by atoms with Gasteiger partial charge in [0.15, 0.2) is 0 Å². The minimum atomic E-state index is -0.904. The van der Waals surface area contributed by atoms with Crippen molar-refractivity contribution in [1.29, 1.82) is 0 Å². The molecule has 2 fully saturated rings. The number of hydrogen-bond donors (Lipinski definition) is 1. The van der Waals surface area contributed by atoms with Crippen LogP contribution >= 0.6 is 15.9 Å². The van der Waals surface area contributed by atoms with Gasteiger partial charge in [-0.05, 0) is 53.6 Å². The predicted molar refractivity (Wildman–Crippen MR) is 81.3 cm³/mol. The predicted octanol–water partition coefficient (Wildman–Crippen LogP) is 2.91. The Kier molecular flexibility index (Phi) is 3.82. The quantitative estimate of drug-likeness (QED) is 0.907. The molecule has 1 aliphatic carbocycles. The van der Waals surface area contributed by atoms with Gasteiger partial charge in [0.05, 0.1) is 0 Å². The van der Waals surface area contributed by atoms with Crippen LogP contribution in [0.2, 0.25) is 0 Å². The molecule has 1 aromatic rings. The van der Waals surface area contributed by atoms with Crippen molar-refractivity contribution < 1.29 is 14.7 Å². The molecule has 2 aliphatic rings. The van der Waals surface area contributed by atoms with E-state index in [0.29, 0.717) is 18.3 Å². The zero-order chi connectivity index (χ0) is 15.1. The largest absolute Gasteiger partial charge is 0.480 e. The van der Waals surface area contributed by atoms with E-state index in [4.69, 9.17) is 0 Å². The highest BCUT2D eigenvalue weighted by Crippen LogP contribution is 2.38. The number of carboxylic acid groups (broad SMARTS) is 1. The molecule has 1 aliphatic heterocycles. The van der Waals surface area contributed by atoms with E-state index in [-0.39, 0.29) is 11.8 Å². The molecule has 114 valence electrons. The fourth-order valence-electron chi connectivity index (χ4n) is 3.21. The summed E-state index contributed by atoms with van der Waals surface area (Å²) in [6, 6.07) is 1.48. The van der Waals surface area contributed by atoms with Crippen LogP contribution in [0.15, 0.2) is 16.7 Å². The number of carbonyl (C=O) groups excluding carboxylic acids is 1. The van der Waals surface area contributed by atoms with Crippen LogP contribution in [0.3, 0.4) is 0 Å². The highest BCUT2D eigenvalue weighted by Gasteiger charge is 2.39. The topological polar surface area (TPSA) is 62.5 Å². The van der Waals surface area contributed by atoms with Gasteiger partial charge in [0.2, 0.25) is 0 Å². The smallest absolute Gasteiger partial charge is 0.326 e. The number of likely N-dealkylation sites (tertiary alicyclic amines) is 1. The van der Waals surface area contributed by atoms with Crippen molar-refractivity contribution in [3.05, 3.63) is 22.4 Å². The summed E-state index contributed by atoms with van der Waals surface area (Å²) in [4.78, 5) is 25.9. The Morgan fingerprint density at radius 1 is 1.33 bits per heavy atom. The maximum atomic E-state index is 12.8. The average Bonchev–Trinajstić information content (AvgIpc) is 3.20. The molecule has 0 bridgehead atoms. The monoisotopic (exact) mass is 354 g/mol. The van der Waals surface area contributed by atoms with Gasteiger partial charge in [-0.1, -0.05) is 6.92 Å². The molecule has 3 rings (SSSR count). The van der Waals surface area contributed by atoms with Crippen molar-refractivity contribution in [2.24, 2.45) is 5.92 Å². The van der Waals surface area contributed by atoms with Crippen LogP contribution in [0, 0.1) is 5.92 Å².